The minimum atomic E-state index is -0.967. The molecule has 1 heterocycles. The molecule has 0 radical (unpaired) electrons. The molecule has 0 aliphatic rings. The van der Waals surface area contributed by atoms with Gasteiger partial charge in [-0.3, -0.25) is 4.79 Å². The van der Waals surface area contributed by atoms with Crippen LogP contribution in [-0.2, 0) is 4.79 Å². The van der Waals surface area contributed by atoms with Crippen LogP contribution in [0.5, 0.6) is 0 Å². The molecule has 1 aromatic rings. The summed E-state index contributed by atoms with van der Waals surface area (Å²) < 4.78 is 0. The van der Waals surface area contributed by atoms with E-state index in [2.05, 4.69) is 15.3 Å². The van der Waals surface area contributed by atoms with Crippen LogP contribution >= 0.6 is 0 Å². The number of nitrogens with two attached hydrogens (primary N) is 1. The van der Waals surface area contributed by atoms with Crippen LogP contribution in [0.2, 0.25) is 0 Å². The minimum Gasteiger partial charge on any atom is -0.480 e. The van der Waals surface area contributed by atoms with E-state index in [9.17, 15) is 4.79 Å². The van der Waals surface area contributed by atoms with E-state index in [-0.39, 0.29) is 0 Å². The first kappa shape index (κ1) is 11.4. The molecular weight excluding hydrogens is 196 g/mol. The van der Waals surface area contributed by atoms with Gasteiger partial charge >= 0.3 is 5.97 Å². The Bertz CT molecular complexity index is 304. The minimum absolute atomic E-state index is 0.440. The van der Waals surface area contributed by atoms with Crippen molar-refractivity contribution in [2.24, 2.45) is 5.73 Å². The van der Waals surface area contributed by atoms with E-state index >= 15 is 0 Å². The third kappa shape index (κ3) is 4.37. The molecule has 0 spiro atoms. The first-order valence-electron chi connectivity index (χ1n) is 4.69. The molecule has 1 atom stereocenters. The number of rotatable bonds is 6. The van der Waals surface area contributed by atoms with Crippen LogP contribution in [-0.4, -0.2) is 33.6 Å². The number of carbonyl (C=O) groups is 1. The molecule has 82 valence electrons. The van der Waals surface area contributed by atoms with E-state index in [1.807, 2.05) is 0 Å². The highest BCUT2D eigenvalue weighted by Crippen LogP contribution is 1.98. The average Bonchev–Trinajstić information content (AvgIpc) is 2.25. The van der Waals surface area contributed by atoms with Gasteiger partial charge in [0.2, 0.25) is 5.95 Å². The number of aliphatic carboxylic acids is 1. The molecule has 6 nitrogen and oxygen atoms in total. The molecule has 15 heavy (non-hydrogen) atoms. The number of anilines is 1. The number of nitrogens with one attached hydrogen (secondary N) is 1. The Morgan fingerprint density at radius 3 is 2.80 bits per heavy atom. The number of hydrogen-bond donors (Lipinski definition) is 3. The van der Waals surface area contributed by atoms with Gasteiger partial charge in [0.15, 0.2) is 0 Å². The highest BCUT2D eigenvalue weighted by Gasteiger charge is 2.09. The van der Waals surface area contributed by atoms with Crippen molar-refractivity contribution in [1.29, 1.82) is 0 Å². The molecule has 0 fully saturated rings. The highest BCUT2D eigenvalue weighted by atomic mass is 16.4. The Labute approximate surface area is 87.5 Å². The van der Waals surface area contributed by atoms with Gasteiger partial charge in [0, 0.05) is 18.9 Å². The zero-order chi connectivity index (χ0) is 11.1. The largest absolute Gasteiger partial charge is 0.480 e. The molecule has 1 rings (SSSR count). The average molecular weight is 210 g/mol. The summed E-state index contributed by atoms with van der Waals surface area (Å²) in [6, 6.07) is 0.939. The van der Waals surface area contributed by atoms with Crippen LogP contribution in [0.25, 0.3) is 0 Å². The Balaban J connectivity index is 2.15. The van der Waals surface area contributed by atoms with Crippen LogP contribution in [0, 0.1) is 0 Å². The topological polar surface area (TPSA) is 101 Å². The lowest BCUT2D eigenvalue weighted by Gasteiger charge is -2.06. The molecule has 0 saturated heterocycles. The van der Waals surface area contributed by atoms with E-state index < -0.39 is 12.0 Å². The van der Waals surface area contributed by atoms with Gasteiger partial charge in [-0.05, 0) is 18.9 Å². The third-order valence-electron chi connectivity index (χ3n) is 1.86. The van der Waals surface area contributed by atoms with Gasteiger partial charge in [-0.1, -0.05) is 0 Å². The maximum atomic E-state index is 10.4. The molecule has 6 heteroatoms. The molecule has 0 unspecified atom stereocenters. The second-order valence-electron chi connectivity index (χ2n) is 3.09. The van der Waals surface area contributed by atoms with E-state index in [4.69, 9.17) is 10.8 Å². The third-order valence-corrected chi connectivity index (χ3v) is 1.86. The van der Waals surface area contributed by atoms with Gasteiger partial charge in [-0.2, -0.15) is 0 Å². The van der Waals surface area contributed by atoms with Crippen molar-refractivity contribution in [3.8, 4) is 0 Å². The first-order chi connectivity index (χ1) is 7.20. The summed E-state index contributed by atoms with van der Waals surface area (Å²) in [6.07, 6.45) is 4.39. The van der Waals surface area contributed by atoms with Crippen molar-refractivity contribution in [1.82, 2.24) is 9.97 Å². The zero-order valence-electron chi connectivity index (χ0n) is 8.26. The van der Waals surface area contributed by atoms with Crippen molar-refractivity contribution >= 4 is 11.9 Å². The zero-order valence-corrected chi connectivity index (χ0v) is 8.26. The molecular formula is C9H14N4O2. The predicted octanol–water partition coefficient (Wildman–Crippen LogP) is 0.0806. The summed E-state index contributed by atoms with van der Waals surface area (Å²) in [4.78, 5) is 18.3. The molecule has 0 aromatic carbocycles. The van der Waals surface area contributed by atoms with Crippen LogP contribution in [0.3, 0.4) is 0 Å². The summed E-state index contributed by atoms with van der Waals surface area (Å²) in [7, 11) is 0. The maximum Gasteiger partial charge on any atom is 0.320 e. The lowest BCUT2D eigenvalue weighted by atomic mass is 10.2. The van der Waals surface area contributed by atoms with Crippen molar-refractivity contribution in [2.75, 3.05) is 11.9 Å². The second kappa shape index (κ2) is 5.92. The van der Waals surface area contributed by atoms with Crippen molar-refractivity contribution < 1.29 is 9.90 Å². The fraction of sp³-hybridized carbons (Fsp3) is 0.444. The highest BCUT2D eigenvalue weighted by molar-refractivity contribution is 5.72. The molecule has 0 bridgehead atoms. The number of aromatic nitrogens is 2. The van der Waals surface area contributed by atoms with Crippen molar-refractivity contribution in [3.63, 3.8) is 0 Å². The summed E-state index contributed by atoms with van der Waals surface area (Å²) in [5, 5.41) is 11.5. The van der Waals surface area contributed by atoms with Gasteiger partial charge in [0.25, 0.3) is 0 Å². The van der Waals surface area contributed by atoms with Crippen molar-refractivity contribution in [3.05, 3.63) is 18.5 Å². The molecule has 0 saturated carbocycles. The summed E-state index contributed by atoms with van der Waals surface area (Å²) >= 11 is 0. The number of carboxylic acids is 1. The molecule has 1 aromatic heterocycles. The van der Waals surface area contributed by atoms with Crippen LogP contribution in [0.15, 0.2) is 18.5 Å². The summed E-state index contributed by atoms with van der Waals surface area (Å²) in [5.74, 6) is -0.424. The van der Waals surface area contributed by atoms with E-state index in [1.165, 1.54) is 0 Å². The van der Waals surface area contributed by atoms with Gasteiger partial charge in [-0.15, -0.1) is 0 Å². The smallest absolute Gasteiger partial charge is 0.320 e. The monoisotopic (exact) mass is 210 g/mol. The number of carboxylic acid groups (broad SMARTS) is 1. The van der Waals surface area contributed by atoms with E-state index in [1.54, 1.807) is 18.5 Å². The lowest BCUT2D eigenvalue weighted by molar-refractivity contribution is -0.138. The Kier molecular flexibility index (Phi) is 4.49. The normalized spacial score (nSPS) is 12.1. The molecule has 0 amide bonds. The maximum absolute atomic E-state index is 10.4. The standard InChI is InChI=1S/C9H14N4O2/c10-7(8(14)15)3-1-4-11-9-12-5-2-6-13-9/h2,5-7H,1,3-4,10H2,(H,14,15)(H,11,12,13)/t7-/m0/s1. The molecule has 0 aliphatic carbocycles. The second-order valence-corrected chi connectivity index (χ2v) is 3.09. The van der Waals surface area contributed by atoms with Gasteiger partial charge in [0.1, 0.15) is 6.04 Å². The van der Waals surface area contributed by atoms with Crippen molar-refractivity contribution in [2.45, 2.75) is 18.9 Å². The Morgan fingerprint density at radius 2 is 2.20 bits per heavy atom. The fourth-order valence-corrected chi connectivity index (χ4v) is 1.04. The predicted molar refractivity (Wildman–Crippen MR) is 55.4 cm³/mol. The van der Waals surface area contributed by atoms with Crippen LogP contribution < -0.4 is 11.1 Å². The lowest BCUT2D eigenvalue weighted by Crippen LogP contribution is -2.30. The van der Waals surface area contributed by atoms with Gasteiger partial charge in [-0.25, -0.2) is 9.97 Å². The van der Waals surface area contributed by atoms with Crippen LogP contribution in [0.1, 0.15) is 12.8 Å². The Morgan fingerprint density at radius 1 is 1.53 bits per heavy atom. The van der Waals surface area contributed by atoms with E-state index in [0.717, 1.165) is 0 Å². The SMILES string of the molecule is N[C@@H](CCCNc1ncccn1)C(=O)O. The number of nitrogens with zero attached hydrogens (tertiary/aromatic N) is 2. The Hall–Kier alpha value is -1.69. The molecule has 4 N–H and O–H groups in total. The first-order valence-corrected chi connectivity index (χ1v) is 4.69. The fourth-order valence-electron chi connectivity index (χ4n) is 1.04. The van der Waals surface area contributed by atoms with Gasteiger partial charge in [0.05, 0.1) is 0 Å². The summed E-state index contributed by atoms with van der Waals surface area (Å²) in [5.41, 5.74) is 5.34. The molecule has 0 aliphatic heterocycles. The van der Waals surface area contributed by atoms with Gasteiger partial charge < -0.3 is 16.2 Å². The van der Waals surface area contributed by atoms with E-state index in [0.29, 0.717) is 25.3 Å². The van der Waals surface area contributed by atoms with Crippen LogP contribution in [0.4, 0.5) is 5.95 Å². The summed E-state index contributed by atoms with van der Waals surface area (Å²) in [6.45, 7) is 0.616. The quantitative estimate of drug-likeness (QED) is 0.575. The number of hydrogen-bond acceptors (Lipinski definition) is 5.